The van der Waals surface area contributed by atoms with Gasteiger partial charge in [-0.15, -0.1) is 10.2 Å². The van der Waals surface area contributed by atoms with Crippen molar-refractivity contribution < 1.29 is 4.21 Å². The third-order valence-corrected chi connectivity index (χ3v) is 3.83. The average Bonchev–Trinajstić information content (AvgIpc) is 3.05. The second-order valence-corrected chi connectivity index (χ2v) is 5.82. The Kier molecular flexibility index (Phi) is 4.01. The van der Waals surface area contributed by atoms with Crippen LogP contribution in [0.4, 0.5) is 0 Å². The number of nitrogens with zero attached hydrogens (tertiary/aromatic N) is 6. The summed E-state index contributed by atoms with van der Waals surface area (Å²) in [5, 5.41) is 8.06. The van der Waals surface area contributed by atoms with E-state index in [1.165, 1.54) is 6.33 Å². The smallest absolute Gasteiger partial charge is 0.226 e. The SMILES string of the molecule is CCc1cc(-n2cnnc2[S@](C)=O)nc(-c2ccccn2)n1. The van der Waals surface area contributed by atoms with E-state index in [0.29, 0.717) is 22.5 Å². The summed E-state index contributed by atoms with van der Waals surface area (Å²) >= 11 is 0. The zero-order valence-electron chi connectivity index (χ0n) is 12.2. The lowest BCUT2D eigenvalue weighted by atomic mass is 10.3. The first-order valence-electron chi connectivity index (χ1n) is 6.72. The molecule has 0 N–H and O–H groups in total. The zero-order chi connectivity index (χ0) is 15.5. The van der Waals surface area contributed by atoms with Crippen molar-refractivity contribution >= 4 is 10.8 Å². The molecule has 8 heteroatoms. The van der Waals surface area contributed by atoms with Crippen molar-refractivity contribution in [2.24, 2.45) is 0 Å². The second kappa shape index (κ2) is 6.10. The van der Waals surface area contributed by atoms with Crippen LogP contribution in [0.5, 0.6) is 0 Å². The summed E-state index contributed by atoms with van der Waals surface area (Å²) in [6.07, 6.45) is 5.51. The van der Waals surface area contributed by atoms with Gasteiger partial charge in [0.15, 0.2) is 5.82 Å². The van der Waals surface area contributed by atoms with Crippen LogP contribution < -0.4 is 0 Å². The van der Waals surface area contributed by atoms with Gasteiger partial charge in [0.05, 0.1) is 10.8 Å². The molecule has 0 aromatic carbocycles. The first-order chi connectivity index (χ1) is 10.7. The van der Waals surface area contributed by atoms with Crippen LogP contribution in [0.15, 0.2) is 41.9 Å². The molecule has 3 aromatic heterocycles. The molecular formula is C14H14N6OS. The molecule has 0 saturated heterocycles. The summed E-state index contributed by atoms with van der Waals surface area (Å²) in [6.45, 7) is 2.01. The minimum Gasteiger partial charge on any atom is -0.258 e. The molecule has 0 aliphatic carbocycles. The van der Waals surface area contributed by atoms with E-state index in [9.17, 15) is 4.21 Å². The summed E-state index contributed by atoms with van der Waals surface area (Å²) < 4.78 is 13.4. The molecule has 0 amide bonds. The van der Waals surface area contributed by atoms with Crippen LogP contribution >= 0.6 is 0 Å². The summed E-state index contributed by atoms with van der Waals surface area (Å²) in [4.78, 5) is 13.3. The summed E-state index contributed by atoms with van der Waals surface area (Å²) in [5.74, 6) is 1.11. The van der Waals surface area contributed by atoms with Crippen molar-refractivity contribution in [3.63, 3.8) is 0 Å². The maximum absolute atomic E-state index is 11.7. The van der Waals surface area contributed by atoms with Crippen LogP contribution in [0.3, 0.4) is 0 Å². The largest absolute Gasteiger partial charge is 0.258 e. The molecule has 7 nitrogen and oxygen atoms in total. The van der Waals surface area contributed by atoms with Crippen molar-refractivity contribution in [2.45, 2.75) is 18.5 Å². The quantitative estimate of drug-likeness (QED) is 0.724. The van der Waals surface area contributed by atoms with Crippen molar-refractivity contribution in [1.82, 2.24) is 29.7 Å². The number of rotatable bonds is 4. The number of hydrogen-bond acceptors (Lipinski definition) is 6. The van der Waals surface area contributed by atoms with Crippen LogP contribution in [0.2, 0.25) is 0 Å². The van der Waals surface area contributed by atoms with Crippen molar-refractivity contribution in [3.8, 4) is 17.3 Å². The van der Waals surface area contributed by atoms with Crippen molar-refractivity contribution in [1.29, 1.82) is 0 Å². The van der Waals surface area contributed by atoms with Gasteiger partial charge in [-0.1, -0.05) is 13.0 Å². The predicted molar refractivity (Wildman–Crippen MR) is 81.9 cm³/mol. The maximum atomic E-state index is 11.7. The van der Waals surface area contributed by atoms with E-state index in [2.05, 4.69) is 25.1 Å². The molecule has 112 valence electrons. The van der Waals surface area contributed by atoms with Gasteiger partial charge in [0.1, 0.15) is 17.8 Å². The van der Waals surface area contributed by atoms with E-state index in [1.807, 2.05) is 31.2 Å². The molecule has 3 rings (SSSR count). The molecule has 0 spiro atoms. The van der Waals surface area contributed by atoms with Gasteiger partial charge < -0.3 is 0 Å². The van der Waals surface area contributed by atoms with Gasteiger partial charge in [-0.05, 0) is 18.6 Å². The Labute approximate surface area is 130 Å². The standard InChI is InChI=1S/C14H14N6OS/c1-3-10-8-12(20-9-16-19-14(20)22(2)21)18-13(17-10)11-6-4-5-7-15-11/h4-9H,3H2,1-2H3/t22-/m0/s1. The maximum Gasteiger partial charge on any atom is 0.226 e. The molecule has 3 heterocycles. The Morgan fingerprint density at radius 2 is 2.14 bits per heavy atom. The Balaban J connectivity index is 2.16. The van der Waals surface area contributed by atoms with Crippen molar-refractivity contribution in [2.75, 3.05) is 6.26 Å². The Hall–Kier alpha value is -2.48. The highest BCUT2D eigenvalue weighted by Crippen LogP contribution is 2.17. The monoisotopic (exact) mass is 314 g/mol. The molecule has 0 unspecified atom stereocenters. The van der Waals surface area contributed by atoms with Gasteiger partial charge in [-0.2, -0.15) is 0 Å². The van der Waals surface area contributed by atoms with Crippen LogP contribution in [-0.4, -0.2) is 40.2 Å². The van der Waals surface area contributed by atoms with E-state index in [4.69, 9.17) is 0 Å². The molecule has 0 radical (unpaired) electrons. The second-order valence-electron chi connectivity index (χ2n) is 4.55. The highest BCUT2D eigenvalue weighted by atomic mass is 32.2. The van der Waals surface area contributed by atoms with Gasteiger partial charge in [-0.3, -0.25) is 13.8 Å². The van der Waals surface area contributed by atoms with Crippen LogP contribution in [-0.2, 0) is 17.2 Å². The fraction of sp³-hybridized carbons (Fsp3) is 0.214. The van der Waals surface area contributed by atoms with Crippen LogP contribution in [0.1, 0.15) is 12.6 Å². The third-order valence-electron chi connectivity index (χ3n) is 3.04. The zero-order valence-corrected chi connectivity index (χ0v) is 13.0. The summed E-state index contributed by atoms with van der Waals surface area (Å²) in [7, 11) is -1.26. The van der Waals surface area contributed by atoms with Gasteiger partial charge in [0, 0.05) is 24.2 Å². The minimum atomic E-state index is -1.26. The predicted octanol–water partition coefficient (Wildman–Crippen LogP) is 1.42. The number of hydrogen-bond donors (Lipinski definition) is 0. The van der Waals surface area contributed by atoms with Gasteiger partial charge in [0.2, 0.25) is 5.16 Å². The lowest BCUT2D eigenvalue weighted by molar-refractivity contribution is 0.674. The fourth-order valence-corrected chi connectivity index (χ4v) is 2.55. The fourth-order valence-electron chi connectivity index (χ4n) is 1.97. The average molecular weight is 314 g/mol. The molecular weight excluding hydrogens is 300 g/mol. The molecule has 0 saturated carbocycles. The first-order valence-corrected chi connectivity index (χ1v) is 8.28. The van der Waals surface area contributed by atoms with E-state index in [-0.39, 0.29) is 0 Å². The Morgan fingerprint density at radius 3 is 2.82 bits per heavy atom. The molecule has 22 heavy (non-hydrogen) atoms. The highest BCUT2D eigenvalue weighted by Gasteiger charge is 2.14. The molecule has 1 atom stereocenters. The lowest BCUT2D eigenvalue weighted by Gasteiger charge is -2.08. The molecule has 0 bridgehead atoms. The first kappa shape index (κ1) is 14.5. The summed E-state index contributed by atoms with van der Waals surface area (Å²) in [5.41, 5.74) is 1.55. The number of aryl methyl sites for hydroxylation is 1. The Morgan fingerprint density at radius 1 is 1.27 bits per heavy atom. The van der Waals surface area contributed by atoms with E-state index < -0.39 is 10.8 Å². The minimum absolute atomic E-state index is 0.354. The lowest BCUT2D eigenvalue weighted by Crippen LogP contribution is -2.07. The van der Waals surface area contributed by atoms with E-state index in [1.54, 1.807) is 17.0 Å². The Bertz CT molecular complexity index is 817. The third kappa shape index (κ3) is 2.77. The topological polar surface area (TPSA) is 86.5 Å². The van der Waals surface area contributed by atoms with Gasteiger partial charge >= 0.3 is 0 Å². The molecule has 0 aliphatic heterocycles. The number of aromatic nitrogens is 6. The van der Waals surface area contributed by atoms with Crippen LogP contribution in [0.25, 0.3) is 17.3 Å². The van der Waals surface area contributed by atoms with Crippen molar-refractivity contribution in [3.05, 3.63) is 42.5 Å². The number of pyridine rings is 1. The van der Waals surface area contributed by atoms with E-state index in [0.717, 1.165) is 12.1 Å². The highest BCUT2D eigenvalue weighted by molar-refractivity contribution is 7.84. The van der Waals surface area contributed by atoms with Gasteiger partial charge in [0.25, 0.3) is 0 Å². The molecule has 3 aromatic rings. The molecule has 0 aliphatic rings. The molecule has 0 fully saturated rings. The van der Waals surface area contributed by atoms with Gasteiger partial charge in [-0.25, -0.2) is 9.97 Å². The van der Waals surface area contributed by atoms with Crippen LogP contribution in [0, 0.1) is 0 Å². The summed E-state index contributed by atoms with van der Waals surface area (Å²) in [6, 6.07) is 7.41. The van der Waals surface area contributed by atoms with E-state index >= 15 is 0 Å². The normalized spacial score (nSPS) is 12.3.